The van der Waals surface area contributed by atoms with Crippen LogP contribution in [0.4, 0.5) is 0 Å². The summed E-state index contributed by atoms with van der Waals surface area (Å²) in [7, 11) is 1.72. The number of hydrogen-bond acceptors (Lipinski definition) is 4. The predicted octanol–water partition coefficient (Wildman–Crippen LogP) is 2.69. The smallest absolute Gasteiger partial charge is 0.248 e. The van der Waals surface area contributed by atoms with E-state index in [0.717, 1.165) is 36.9 Å². The van der Waals surface area contributed by atoms with Crippen LogP contribution >= 0.6 is 0 Å². The number of nitrogens with two attached hydrogens (primary N) is 1. The Labute approximate surface area is 184 Å². The van der Waals surface area contributed by atoms with Crippen LogP contribution in [0.25, 0.3) is 0 Å². The highest BCUT2D eigenvalue weighted by Gasteiger charge is 2.26. The van der Waals surface area contributed by atoms with E-state index < -0.39 is 5.91 Å². The van der Waals surface area contributed by atoms with Crippen molar-refractivity contribution in [1.82, 2.24) is 15.5 Å². The number of methoxy groups -OCH3 is 1. The van der Waals surface area contributed by atoms with E-state index >= 15 is 0 Å². The molecule has 1 aliphatic rings. The Morgan fingerprint density at radius 3 is 2.65 bits per heavy atom. The highest BCUT2D eigenvalue weighted by atomic mass is 16.5. The van der Waals surface area contributed by atoms with Gasteiger partial charge in [-0.15, -0.1) is 0 Å². The summed E-state index contributed by atoms with van der Waals surface area (Å²) in [5.41, 5.74) is 8.01. The fourth-order valence-electron chi connectivity index (χ4n) is 3.96. The predicted molar refractivity (Wildman–Crippen MR) is 124 cm³/mol. The van der Waals surface area contributed by atoms with E-state index in [1.165, 1.54) is 18.4 Å². The highest BCUT2D eigenvalue weighted by molar-refractivity contribution is 5.92. The van der Waals surface area contributed by atoms with Gasteiger partial charge in [0.2, 0.25) is 5.91 Å². The Bertz CT molecular complexity index is 893. The van der Waals surface area contributed by atoms with Gasteiger partial charge in [0.1, 0.15) is 5.75 Å². The maximum Gasteiger partial charge on any atom is 0.248 e. The molecule has 0 saturated carbocycles. The molecule has 7 nitrogen and oxygen atoms in total. The molecule has 31 heavy (non-hydrogen) atoms. The monoisotopic (exact) mass is 423 g/mol. The average molecular weight is 424 g/mol. The number of guanidine groups is 1. The van der Waals surface area contributed by atoms with E-state index in [2.05, 4.69) is 27.7 Å². The number of aliphatic imine (C=N–C) groups is 1. The minimum absolute atomic E-state index is 0.195. The third-order valence-corrected chi connectivity index (χ3v) is 5.52. The summed E-state index contributed by atoms with van der Waals surface area (Å²) in [4.78, 5) is 18.6. The van der Waals surface area contributed by atoms with Crippen molar-refractivity contribution in [2.24, 2.45) is 10.7 Å². The third kappa shape index (κ3) is 6.21. The van der Waals surface area contributed by atoms with Gasteiger partial charge in [-0.2, -0.15) is 0 Å². The lowest BCUT2D eigenvalue weighted by atomic mass is 10.0. The Hall–Kier alpha value is -3.06. The molecule has 1 saturated heterocycles. The van der Waals surface area contributed by atoms with Gasteiger partial charge >= 0.3 is 0 Å². The van der Waals surface area contributed by atoms with Crippen molar-refractivity contribution in [3.8, 4) is 5.75 Å². The summed E-state index contributed by atoms with van der Waals surface area (Å²) in [6.45, 7) is 6.14. The molecule has 166 valence electrons. The lowest BCUT2D eigenvalue weighted by Crippen LogP contribution is -2.42. The molecule has 0 aromatic heterocycles. The van der Waals surface area contributed by atoms with Crippen LogP contribution in [0.5, 0.6) is 5.75 Å². The van der Waals surface area contributed by atoms with Crippen molar-refractivity contribution in [3.05, 3.63) is 65.2 Å². The summed E-state index contributed by atoms with van der Waals surface area (Å²) < 4.78 is 5.64. The number of rotatable bonds is 9. The van der Waals surface area contributed by atoms with E-state index in [9.17, 15) is 4.79 Å². The number of primary amides is 1. The molecule has 1 amide bonds. The SMILES string of the molecule is CCNC(=NCc1cccc(C(N)=O)c1)NCC(c1ccccc1OC)N1CCCC1. The number of para-hydroxylation sites is 1. The standard InChI is InChI=1S/C24H33N5O2/c1-3-26-24(27-16-18-9-8-10-19(15-18)23(25)30)28-17-21(29-13-6-7-14-29)20-11-4-5-12-22(20)31-2/h4-5,8-12,15,21H,3,6-7,13-14,16-17H2,1-2H3,(H2,25,30)(H2,26,27,28). The van der Waals surface area contributed by atoms with Gasteiger partial charge in [0.05, 0.1) is 19.7 Å². The fourth-order valence-corrected chi connectivity index (χ4v) is 3.96. The van der Waals surface area contributed by atoms with Gasteiger partial charge in [-0.25, -0.2) is 4.99 Å². The molecule has 1 fully saturated rings. The zero-order valence-electron chi connectivity index (χ0n) is 18.4. The van der Waals surface area contributed by atoms with Gasteiger partial charge in [0.15, 0.2) is 5.96 Å². The van der Waals surface area contributed by atoms with Gasteiger partial charge in [-0.1, -0.05) is 30.3 Å². The van der Waals surface area contributed by atoms with Crippen molar-refractivity contribution >= 4 is 11.9 Å². The first-order chi connectivity index (χ1) is 15.1. The molecule has 0 bridgehead atoms. The van der Waals surface area contributed by atoms with Gasteiger partial charge in [-0.05, 0) is 56.6 Å². The minimum Gasteiger partial charge on any atom is -0.496 e. The normalized spacial score (nSPS) is 15.5. The number of carbonyl (C=O) groups excluding carboxylic acids is 1. The second-order valence-electron chi connectivity index (χ2n) is 7.64. The molecule has 4 N–H and O–H groups in total. The first-order valence-corrected chi connectivity index (χ1v) is 10.9. The lowest BCUT2D eigenvalue weighted by molar-refractivity contribution is 0.1000. The largest absolute Gasteiger partial charge is 0.496 e. The molecule has 2 aromatic carbocycles. The fraction of sp³-hybridized carbons (Fsp3) is 0.417. The van der Waals surface area contributed by atoms with Crippen molar-refractivity contribution in [2.75, 3.05) is 33.3 Å². The molecule has 3 rings (SSSR count). The summed E-state index contributed by atoms with van der Waals surface area (Å²) in [6, 6.07) is 15.7. The molecule has 1 atom stereocenters. The summed E-state index contributed by atoms with van der Waals surface area (Å²) in [5, 5.41) is 6.82. The van der Waals surface area contributed by atoms with Crippen LogP contribution in [0.3, 0.4) is 0 Å². The Kier molecular flexibility index (Phi) is 8.29. The number of ether oxygens (including phenoxy) is 1. The Balaban J connectivity index is 1.74. The van der Waals surface area contributed by atoms with Crippen molar-refractivity contribution in [3.63, 3.8) is 0 Å². The van der Waals surface area contributed by atoms with Crippen molar-refractivity contribution in [2.45, 2.75) is 32.4 Å². The molecule has 2 aromatic rings. The maximum absolute atomic E-state index is 11.4. The first-order valence-electron chi connectivity index (χ1n) is 10.9. The van der Waals surface area contributed by atoms with Gasteiger partial charge in [0, 0.05) is 24.2 Å². The first kappa shape index (κ1) is 22.6. The second kappa shape index (κ2) is 11.4. The van der Waals surface area contributed by atoms with Gasteiger partial charge < -0.3 is 21.1 Å². The van der Waals surface area contributed by atoms with Crippen LogP contribution in [0.2, 0.25) is 0 Å². The molecular weight excluding hydrogens is 390 g/mol. The maximum atomic E-state index is 11.4. The van der Waals surface area contributed by atoms with E-state index in [4.69, 9.17) is 15.5 Å². The molecule has 0 radical (unpaired) electrons. The second-order valence-corrected chi connectivity index (χ2v) is 7.64. The molecule has 0 aliphatic carbocycles. The highest BCUT2D eigenvalue weighted by Crippen LogP contribution is 2.31. The van der Waals surface area contributed by atoms with Crippen LogP contribution in [0.15, 0.2) is 53.5 Å². The van der Waals surface area contributed by atoms with E-state index in [0.29, 0.717) is 18.7 Å². The van der Waals surface area contributed by atoms with Crippen LogP contribution in [-0.4, -0.2) is 50.1 Å². The lowest BCUT2D eigenvalue weighted by Gasteiger charge is -2.30. The number of benzene rings is 2. The van der Waals surface area contributed by atoms with Crippen molar-refractivity contribution in [1.29, 1.82) is 0 Å². The van der Waals surface area contributed by atoms with E-state index in [1.807, 2.05) is 31.2 Å². The molecule has 0 spiro atoms. The zero-order chi connectivity index (χ0) is 22.1. The van der Waals surface area contributed by atoms with Gasteiger partial charge in [-0.3, -0.25) is 9.69 Å². The zero-order valence-corrected chi connectivity index (χ0v) is 18.4. The average Bonchev–Trinajstić information content (AvgIpc) is 3.32. The number of nitrogens with zero attached hydrogens (tertiary/aromatic N) is 2. The number of amides is 1. The Morgan fingerprint density at radius 1 is 1.16 bits per heavy atom. The van der Waals surface area contributed by atoms with Crippen LogP contribution in [0, 0.1) is 0 Å². The molecule has 1 unspecified atom stereocenters. The van der Waals surface area contributed by atoms with Crippen LogP contribution in [-0.2, 0) is 6.54 Å². The summed E-state index contributed by atoms with van der Waals surface area (Å²) >= 11 is 0. The van der Waals surface area contributed by atoms with E-state index in [1.54, 1.807) is 19.2 Å². The molecule has 1 aliphatic heterocycles. The topological polar surface area (TPSA) is 92.0 Å². The number of hydrogen-bond donors (Lipinski definition) is 3. The quantitative estimate of drug-likeness (QED) is 0.426. The van der Waals surface area contributed by atoms with Crippen LogP contribution in [0.1, 0.15) is 47.3 Å². The number of likely N-dealkylation sites (tertiary alicyclic amines) is 1. The molecule has 1 heterocycles. The number of nitrogens with one attached hydrogen (secondary N) is 2. The summed E-state index contributed by atoms with van der Waals surface area (Å²) in [5.74, 6) is 1.22. The minimum atomic E-state index is -0.430. The Morgan fingerprint density at radius 2 is 1.94 bits per heavy atom. The molecular formula is C24H33N5O2. The summed E-state index contributed by atoms with van der Waals surface area (Å²) in [6.07, 6.45) is 2.44. The third-order valence-electron chi connectivity index (χ3n) is 5.52. The van der Waals surface area contributed by atoms with Crippen molar-refractivity contribution < 1.29 is 9.53 Å². The molecule has 7 heteroatoms. The van der Waals surface area contributed by atoms with Gasteiger partial charge in [0.25, 0.3) is 0 Å². The van der Waals surface area contributed by atoms with Crippen LogP contribution < -0.4 is 21.1 Å². The van der Waals surface area contributed by atoms with E-state index in [-0.39, 0.29) is 6.04 Å². The number of carbonyl (C=O) groups is 1.